The Bertz CT molecular complexity index is 620. The van der Waals surface area contributed by atoms with Gasteiger partial charge in [-0.25, -0.2) is 0 Å². The molecule has 0 heterocycles. The lowest BCUT2D eigenvalue weighted by molar-refractivity contribution is -0.114. The molecule has 0 spiro atoms. The number of anilines is 2. The zero-order chi connectivity index (χ0) is 14.5. The second-order valence-electron chi connectivity index (χ2n) is 4.96. The molecule has 0 aliphatic carbocycles. The number of para-hydroxylation sites is 1. The number of rotatable bonds is 4. The third kappa shape index (κ3) is 3.38. The number of hydrogen-bond acceptors (Lipinski definition) is 2. The van der Waals surface area contributed by atoms with Crippen LogP contribution in [-0.2, 0) is 4.79 Å². The Labute approximate surface area is 120 Å². The number of nitrogens with one attached hydrogen (secondary N) is 2. The van der Waals surface area contributed by atoms with Gasteiger partial charge in [0.15, 0.2) is 0 Å². The average molecular weight is 268 g/mol. The van der Waals surface area contributed by atoms with E-state index in [2.05, 4.69) is 30.5 Å². The fourth-order valence-electron chi connectivity index (χ4n) is 2.03. The highest BCUT2D eigenvalue weighted by Gasteiger charge is 2.05. The van der Waals surface area contributed by atoms with E-state index in [4.69, 9.17) is 0 Å². The first-order valence-corrected chi connectivity index (χ1v) is 6.73. The summed E-state index contributed by atoms with van der Waals surface area (Å²) in [6, 6.07) is 13.8. The molecule has 2 rings (SSSR count). The van der Waals surface area contributed by atoms with Crippen LogP contribution >= 0.6 is 0 Å². The molecule has 20 heavy (non-hydrogen) atoms. The van der Waals surface area contributed by atoms with Crippen LogP contribution in [0.15, 0.2) is 42.5 Å². The molecular formula is C17H20N2O. The van der Waals surface area contributed by atoms with Crippen molar-refractivity contribution < 1.29 is 4.79 Å². The van der Waals surface area contributed by atoms with Gasteiger partial charge < -0.3 is 10.6 Å². The summed E-state index contributed by atoms with van der Waals surface area (Å²) in [5.41, 5.74) is 5.32. The largest absolute Gasteiger partial charge is 0.376 e. The molecule has 0 bridgehead atoms. The van der Waals surface area contributed by atoms with E-state index in [1.807, 2.05) is 43.3 Å². The standard InChI is InChI=1S/C17H20N2O/c1-12-8-6-10-16(14(12)3)18-11-17(20)19-15-9-5-4-7-13(15)2/h4-10,18H,11H2,1-3H3,(H,19,20). The lowest BCUT2D eigenvalue weighted by Gasteiger charge is -2.12. The van der Waals surface area contributed by atoms with E-state index in [-0.39, 0.29) is 12.5 Å². The second kappa shape index (κ2) is 6.24. The van der Waals surface area contributed by atoms with Gasteiger partial charge in [-0.15, -0.1) is 0 Å². The van der Waals surface area contributed by atoms with Gasteiger partial charge >= 0.3 is 0 Å². The van der Waals surface area contributed by atoms with Crippen LogP contribution in [0.3, 0.4) is 0 Å². The molecule has 3 nitrogen and oxygen atoms in total. The highest BCUT2D eigenvalue weighted by molar-refractivity contribution is 5.94. The van der Waals surface area contributed by atoms with E-state index in [1.165, 1.54) is 11.1 Å². The predicted octanol–water partition coefficient (Wildman–Crippen LogP) is 3.66. The Hall–Kier alpha value is -2.29. The normalized spacial score (nSPS) is 10.2. The van der Waals surface area contributed by atoms with Crippen molar-refractivity contribution in [2.75, 3.05) is 17.2 Å². The van der Waals surface area contributed by atoms with Crippen LogP contribution in [-0.4, -0.2) is 12.5 Å². The molecule has 0 aromatic heterocycles. The van der Waals surface area contributed by atoms with Gasteiger partial charge in [-0.3, -0.25) is 4.79 Å². The van der Waals surface area contributed by atoms with Crippen LogP contribution in [0.1, 0.15) is 16.7 Å². The van der Waals surface area contributed by atoms with E-state index in [9.17, 15) is 4.79 Å². The minimum absolute atomic E-state index is 0.0415. The van der Waals surface area contributed by atoms with Gasteiger partial charge in [0.2, 0.25) is 5.91 Å². The summed E-state index contributed by atoms with van der Waals surface area (Å²) in [6.07, 6.45) is 0. The Morgan fingerprint density at radius 2 is 1.55 bits per heavy atom. The smallest absolute Gasteiger partial charge is 0.243 e. The van der Waals surface area contributed by atoms with Gasteiger partial charge in [-0.05, 0) is 49.6 Å². The SMILES string of the molecule is Cc1ccccc1NC(=O)CNc1cccc(C)c1C. The van der Waals surface area contributed by atoms with Crippen LogP contribution in [0, 0.1) is 20.8 Å². The number of carbonyl (C=O) groups is 1. The zero-order valence-electron chi connectivity index (χ0n) is 12.2. The fraction of sp³-hybridized carbons (Fsp3) is 0.235. The number of aryl methyl sites for hydroxylation is 2. The molecule has 0 fully saturated rings. The van der Waals surface area contributed by atoms with Crippen molar-refractivity contribution in [3.8, 4) is 0 Å². The maximum absolute atomic E-state index is 12.0. The third-order valence-corrected chi connectivity index (χ3v) is 3.46. The van der Waals surface area contributed by atoms with E-state index in [0.29, 0.717) is 0 Å². The molecule has 104 valence electrons. The van der Waals surface area contributed by atoms with Gasteiger partial charge in [-0.2, -0.15) is 0 Å². The van der Waals surface area contributed by atoms with Gasteiger partial charge in [-0.1, -0.05) is 30.3 Å². The first-order chi connectivity index (χ1) is 9.58. The van der Waals surface area contributed by atoms with Crippen molar-refractivity contribution in [1.29, 1.82) is 0 Å². The number of hydrogen-bond donors (Lipinski definition) is 2. The lowest BCUT2D eigenvalue weighted by Crippen LogP contribution is -2.22. The molecule has 2 aromatic carbocycles. The minimum atomic E-state index is -0.0415. The van der Waals surface area contributed by atoms with Crippen LogP contribution in [0.4, 0.5) is 11.4 Å². The summed E-state index contributed by atoms with van der Waals surface area (Å²) in [5.74, 6) is -0.0415. The molecule has 1 amide bonds. The molecule has 0 saturated carbocycles. The molecule has 3 heteroatoms. The van der Waals surface area contributed by atoms with E-state index in [0.717, 1.165) is 16.9 Å². The van der Waals surface area contributed by atoms with Gasteiger partial charge in [0.1, 0.15) is 0 Å². The molecule has 0 aliphatic heterocycles. The second-order valence-corrected chi connectivity index (χ2v) is 4.96. The van der Waals surface area contributed by atoms with Gasteiger partial charge in [0.05, 0.1) is 6.54 Å². The van der Waals surface area contributed by atoms with E-state index >= 15 is 0 Å². The summed E-state index contributed by atoms with van der Waals surface area (Å²) in [5, 5.41) is 6.09. The topological polar surface area (TPSA) is 41.1 Å². The van der Waals surface area contributed by atoms with Crippen LogP contribution in [0.25, 0.3) is 0 Å². The Kier molecular flexibility index (Phi) is 4.41. The highest BCUT2D eigenvalue weighted by Crippen LogP contribution is 2.18. The summed E-state index contributed by atoms with van der Waals surface area (Å²) in [7, 11) is 0. The number of amides is 1. The molecule has 0 unspecified atom stereocenters. The van der Waals surface area contributed by atoms with E-state index in [1.54, 1.807) is 0 Å². The summed E-state index contributed by atoms with van der Waals surface area (Å²) in [4.78, 5) is 12.0. The summed E-state index contributed by atoms with van der Waals surface area (Å²) in [6.45, 7) is 6.36. The number of benzene rings is 2. The lowest BCUT2D eigenvalue weighted by atomic mass is 10.1. The maximum atomic E-state index is 12.0. The Balaban J connectivity index is 1.96. The molecule has 0 atom stereocenters. The van der Waals surface area contributed by atoms with Crippen LogP contribution in [0.2, 0.25) is 0 Å². The van der Waals surface area contributed by atoms with Crippen LogP contribution < -0.4 is 10.6 Å². The van der Waals surface area contributed by atoms with Gasteiger partial charge in [0.25, 0.3) is 0 Å². The molecular weight excluding hydrogens is 248 g/mol. The molecule has 0 radical (unpaired) electrons. The number of carbonyl (C=O) groups excluding carboxylic acids is 1. The zero-order valence-corrected chi connectivity index (χ0v) is 12.2. The van der Waals surface area contributed by atoms with E-state index < -0.39 is 0 Å². The van der Waals surface area contributed by atoms with Crippen molar-refractivity contribution in [2.24, 2.45) is 0 Å². The molecule has 0 saturated heterocycles. The maximum Gasteiger partial charge on any atom is 0.243 e. The first-order valence-electron chi connectivity index (χ1n) is 6.73. The summed E-state index contributed by atoms with van der Waals surface area (Å²) < 4.78 is 0. The third-order valence-electron chi connectivity index (χ3n) is 3.46. The monoisotopic (exact) mass is 268 g/mol. The fourth-order valence-corrected chi connectivity index (χ4v) is 2.03. The molecule has 2 N–H and O–H groups in total. The highest BCUT2D eigenvalue weighted by atomic mass is 16.1. The van der Waals surface area contributed by atoms with Crippen molar-refractivity contribution in [3.05, 3.63) is 59.2 Å². The van der Waals surface area contributed by atoms with Gasteiger partial charge in [0, 0.05) is 11.4 Å². The quantitative estimate of drug-likeness (QED) is 0.888. The Morgan fingerprint density at radius 3 is 2.30 bits per heavy atom. The first kappa shape index (κ1) is 14.1. The van der Waals surface area contributed by atoms with Crippen LogP contribution in [0.5, 0.6) is 0 Å². The summed E-state index contributed by atoms with van der Waals surface area (Å²) >= 11 is 0. The Morgan fingerprint density at radius 1 is 0.900 bits per heavy atom. The van der Waals surface area contributed by atoms with Crippen molar-refractivity contribution in [2.45, 2.75) is 20.8 Å². The van der Waals surface area contributed by atoms with Crippen molar-refractivity contribution >= 4 is 17.3 Å². The average Bonchev–Trinajstić information content (AvgIpc) is 2.43. The molecule has 2 aromatic rings. The predicted molar refractivity (Wildman–Crippen MR) is 84.2 cm³/mol. The molecule has 0 aliphatic rings. The minimum Gasteiger partial charge on any atom is -0.376 e. The van der Waals surface area contributed by atoms with Crippen molar-refractivity contribution in [3.63, 3.8) is 0 Å². The van der Waals surface area contributed by atoms with Crippen molar-refractivity contribution in [1.82, 2.24) is 0 Å².